The SMILES string of the molecule is CCCCCCCCCCCCCCCCCCC[n+]1ccn(CCCCCCCCCCCC)c1C. The molecule has 218 valence electrons. The lowest BCUT2D eigenvalue weighted by Crippen LogP contribution is -2.35. The monoisotopic (exact) mass is 518 g/mol. The fraction of sp³-hybridized carbons (Fsp3) is 0.914. The summed E-state index contributed by atoms with van der Waals surface area (Å²) in [5.41, 5.74) is 0. The van der Waals surface area contributed by atoms with Crippen LogP contribution in [0.2, 0.25) is 0 Å². The first-order valence-corrected chi connectivity index (χ1v) is 17.3. The van der Waals surface area contributed by atoms with E-state index in [1.807, 2.05) is 0 Å². The Morgan fingerprint density at radius 1 is 0.459 bits per heavy atom. The minimum atomic E-state index is 1.20. The van der Waals surface area contributed by atoms with Gasteiger partial charge in [0.15, 0.2) is 0 Å². The Balaban J connectivity index is 1.87. The molecule has 0 atom stereocenters. The van der Waals surface area contributed by atoms with Crippen molar-refractivity contribution in [3.63, 3.8) is 0 Å². The van der Waals surface area contributed by atoms with E-state index in [9.17, 15) is 0 Å². The second-order valence-corrected chi connectivity index (χ2v) is 12.1. The second kappa shape index (κ2) is 26.8. The highest BCUT2D eigenvalue weighted by Gasteiger charge is 2.11. The fourth-order valence-electron chi connectivity index (χ4n) is 5.79. The minimum Gasteiger partial charge on any atom is -0.234 e. The molecule has 0 unspecified atom stereocenters. The Hall–Kier alpha value is -0.790. The quantitative estimate of drug-likeness (QED) is 0.0737. The van der Waals surface area contributed by atoms with E-state index < -0.39 is 0 Å². The Morgan fingerprint density at radius 2 is 0.784 bits per heavy atom. The van der Waals surface area contributed by atoms with Gasteiger partial charge in [0, 0.05) is 6.92 Å². The number of aromatic nitrogens is 2. The summed E-state index contributed by atoms with van der Waals surface area (Å²) in [5, 5.41) is 0. The Bertz CT molecular complexity index is 576. The average molecular weight is 518 g/mol. The predicted molar refractivity (Wildman–Crippen MR) is 165 cm³/mol. The summed E-state index contributed by atoms with van der Waals surface area (Å²) in [6, 6.07) is 0. The van der Waals surface area contributed by atoms with Crippen molar-refractivity contribution in [2.45, 2.75) is 207 Å². The summed E-state index contributed by atoms with van der Waals surface area (Å²) >= 11 is 0. The minimum absolute atomic E-state index is 1.20. The normalized spacial score (nSPS) is 11.5. The van der Waals surface area contributed by atoms with Crippen molar-refractivity contribution in [2.24, 2.45) is 0 Å². The van der Waals surface area contributed by atoms with E-state index in [0.717, 1.165) is 0 Å². The standard InChI is InChI=1S/C35H69N2/c1-4-6-8-10-12-14-16-17-18-19-20-21-22-24-26-28-30-32-37-34-33-36(35(37)3)31-29-27-25-23-15-13-11-9-7-5-2/h33-34H,4-32H2,1-3H3/q+1. The van der Waals surface area contributed by atoms with Crippen LogP contribution in [0, 0.1) is 6.92 Å². The molecule has 0 amide bonds. The molecule has 1 heterocycles. The van der Waals surface area contributed by atoms with Crippen LogP contribution < -0.4 is 4.57 Å². The van der Waals surface area contributed by atoms with Crippen LogP contribution in [0.4, 0.5) is 0 Å². The van der Waals surface area contributed by atoms with Gasteiger partial charge in [-0.2, -0.15) is 0 Å². The molecule has 2 nitrogen and oxygen atoms in total. The topological polar surface area (TPSA) is 8.81 Å². The maximum absolute atomic E-state index is 2.49. The molecule has 1 aromatic heterocycles. The summed E-state index contributed by atoms with van der Waals surface area (Å²) in [6.07, 6.45) is 43.4. The molecular formula is C35H69N2+. The molecule has 0 bridgehead atoms. The van der Waals surface area contributed by atoms with Crippen LogP contribution in [-0.2, 0) is 13.1 Å². The lowest BCUT2D eigenvalue weighted by Gasteiger charge is -2.04. The number of hydrogen-bond donors (Lipinski definition) is 0. The van der Waals surface area contributed by atoms with Gasteiger partial charge in [-0.1, -0.05) is 162 Å². The molecule has 0 aromatic carbocycles. The largest absolute Gasteiger partial charge is 0.253 e. The third-order valence-corrected chi connectivity index (χ3v) is 8.51. The number of nitrogens with zero attached hydrogens (tertiary/aromatic N) is 2. The first kappa shape index (κ1) is 34.2. The zero-order valence-electron chi connectivity index (χ0n) is 26.1. The van der Waals surface area contributed by atoms with Crippen LogP contribution in [0.5, 0.6) is 0 Å². The molecule has 0 saturated heterocycles. The molecule has 0 fully saturated rings. The van der Waals surface area contributed by atoms with Gasteiger partial charge in [0.2, 0.25) is 0 Å². The lowest BCUT2D eigenvalue weighted by molar-refractivity contribution is -0.702. The van der Waals surface area contributed by atoms with E-state index in [1.165, 1.54) is 192 Å². The van der Waals surface area contributed by atoms with Crippen LogP contribution >= 0.6 is 0 Å². The van der Waals surface area contributed by atoms with Crippen molar-refractivity contribution in [2.75, 3.05) is 0 Å². The van der Waals surface area contributed by atoms with Gasteiger partial charge in [0.05, 0.1) is 13.1 Å². The van der Waals surface area contributed by atoms with Crippen molar-refractivity contribution in [3.8, 4) is 0 Å². The Kier molecular flexibility index (Phi) is 24.8. The van der Waals surface area contributed by atoms with Crippen LogP contribution in [0.1, 0.15) is 193 Å². The lowest BCUT2D eigenvalue weighted by atomic mass is 10.0. The molecule has 0 saturated carbocycles. The van der Waals surface area contributed by atoms with Crippen molar-refractivity contribution < 1.29 is 4.57 Å². The molecule has 0 aliphatic rings. The smallest absolute Gasteiger partial charge is 0.234 e. The van der Waals surface area contributed by atoms with E-state index >= 15 is 0 Å². The first-order valence-electron chi connectivity index (χ1n) is 17.3. The van der Waals surface area contributed by atoms with E-state index in [-0.39, 0.29) is 0 Å². The summed E-state index contributed by atoms with van der Waals surface area (Å²) in [4.78, 5) is 0. The van der Waals surface area contributed by atoms with E-state index in [1.54, 1.807) is 0 Å². The average Bonchev–Trinajstić information content (AvgIpc) is 3.25. The summed E-state index contributed by atoms with van der Waals surface area (Å²) < 4.78 is 4.97. The molecule has 1 aromatic rings. The summed E-state index contributed by atoms with van der Waals surface area (Å²) in [5.74, 6) is 1.45. The van der Waals surface area contributed by atoms with Gasteiger partial charge in [-0.15, -0.1) is 0 Å². The van der Waals surface area contributed by atoms with Crippen molar-refractivity contribution in [1.29, 1.82) is 0 Å². The molecule has 2 heteroatoms. The van der Waals surface area contributed by atoms with Gasteiger partial charge in [-0.3, -0.25) is 0 Å². The number of unbranched alkanes of at least 4 members (excludes halogenated alkanes) is 25. The van der Waals surface area contributed by atoms with Crippen LogP contribution in [0.15, 0.2) is 12.4 Å². The zero-order valence-corrected chi connectivity index (χ0v) is 26.1. The number of rotatable bonds is 29. The fourth-order valence-corrected chi connectivity index (χ4v) is 5.79. The molecule has 1 rings (SSSR count). The van der Waals surface area contributed by atoms with Gasteiger partial charge in [0.1, 0.15) is 12.4 Å². The number of aryl methyl sites for hydroxylation is 2. The van der Waals surface area contributed by atoms with Gasteiger partial charge in [0.25, 0.3) is 5.82 Å². The molecule has 0 spiro atoms. The van der Waals surface area contributed by atoms with Crippen molar-refractivity contribution >= 4 is 0 Å². The van der Waals surface area contributed by atoms with Crippen molar-refractivity contribution in [3.05, 3.63) is 18.2 Å². The zero-order chi connectivity index (χ0) is 26.7. The van der Waals surface area contributed by atoms with Crippen LogP contribution in [0.25, 0.3) is 0 Å². The maximum Gasteiger partial charge on any atom is 0.253 e. The molecular weight excluding hydrogens is 448 g/mol. The third-order valence-electron chi connectivity index (χ3n) is 8.51. The molecule has 0 aliphatic heterocycles. The van der Waals surface area contributed by atoms with E-state index in [2.05, 4.69) is 42.3 Å². The highest BCUT2D eigenvalue weighted by molar-refractivity contribution is 4.79. The van der Waals surface area contributed by atoms with Crippen molar-refractivity contribution in [1.82, 2.24) is 4.57 Å². The molecule has 0 aliphatic carbocycles. The van der Waals surface area contributed by atoms with Crippen LogP contribution in [0.3, 0.4) is 0 Å². The molecule has 37 heavy (non-hydrogen) atoms. The van der Waals surface area contributed by atoms with E-state index in [4.69, 9.17) is 0 Å². The van der Waals surface area contributed by atoms with Gasteiger partial charge >= 0.3 is 0 Å². The summed E-state index contributed by atoms with van der Waals surface area (Å²) in [7, 11) is 0. The maximum atomic E-state index is 2.49. The first-order chi connectivity index (χ1) is 18.3. The highest BCUT2D eigenvalue weighted by Crippen LogP contribution is 2.14. The van der Waals surface area contributed by atoms with Gasteiger partial charge in [-0.05, 0) is 25.7 Å². The Morgan fingerprint density at radius 3 is 1.16 bits per heavy atom. The Labute approximate surface area is 234 Å². The second-order valence-electron chi connectivity index (χ2n) is 12.1. The third kappa shape index (κ3) is 20.8. The predicted octanol–water partition coefficient (Wildman–Crippen LogP) is 11.7. The highest BCUT2D eigenvalue weighted by atomic mass is 15.1. The number of imidazole rings is 1. The number of hydrogen-bond acceptors (Lipinski definition) is 0. The van der Waals surface area contributed by atoms with Crippen LogP contribution in [-0.4, -0.2) is 4.57 Å². The molecule has 0 radical (unpaired) electrons. The van der Waals surface area contributed by atoms with Gasteiger partial charge in [-0.25, -0.2) is 9.13 Å². The summed E-state index contributed by atoms with van der Waals surface area (Å²) in [6.45, 7) is 9.32. The van der Waals surface area contributed by atoms with E-state index in [0.29, 0.717) is 0 Å². The molecule has 0 N–H and O–H groups in total. The van der Waals surface area contributed by atoms with Gasteiger partial charge < -0.3 is 0 Å².